The molecule has 18 heavy (non-hydrogen) atoms. The highest BCUT2D eigenvalue weighted by Crippen LogP contribution is 2.13. The number of carboxylic acid groups (broad SMARTS) is 1. The van der Waals surface area contributed by atoms with E-state index in [2.05, 4.69) is 17.8 Å². The maximum absolute atomic E-state index is 12.0. The molecule has 100 valence electrons. The molecule has 0 rings (SSSR count). The van der Waals surface area contributed by atoms with Crippen LogP contribution in [0.15, 0.2) is 12.7 Å². The van der Waals surface area contributed by atoms with Gasteiger partial charge in [-0.1, -0.05) is 6.08 Å². The number of amides is 2. The minimum atomic E-state index is -1.14. The third kappa shape index (κ3) is 4.91. The Kier molecular flexibility index (Phi) is 5.97. The first-order chi connectivity index (χ1) is 8.23. The van der Waals surface area contributed by atoms with E-state index in [1.807, 2.05) is 20.8 Å². The van der Waals surface area contributed by atoms with Crippen molar-refractivity contribution in [2.45, 2.75) is 38.8 Å². The minimum absolute atomic E-state index is 0.0485. The van der Waals surface area contributed by atoms with Gasteiger partial charge in [0, 0.05) is 18.5 Å². The molecule has 1 unspecified atom stereocenters. The Labute approximate surface area is 108 Å². The molecule has 0 aliphatic rings. The van der Waals surface area contributed by atoms with E-state index >= 15 is 0 Å². The highest BCUT2D eigenvalue weighted by Gasteiger charge is 2.28. The van der Waals surface area contributed by atoms with Crippen LogP contribution in [0.2, 0.25) is 0 Å². The van der Waals surface area contributed by atoms with Gasteiger partial charge in [0.1, 0.15) is 6.04 Å². The van der Waals surface area contributed by atoms with Gasteiger partial charge in [-0.3, -0.25) is 0 Å². The second kappa shape index (κ2) is 6.70. The average molecular weight is 252 g/mol. The van der Waals surface area contributed by atoms with Gasteiger partial charge >= 0.3 is 12.0 Å². The number of rotatable bonds is 5. The van der Waals surface area contributed by atoms with Crippen LogP contribution in [0.4, 0.5) is 4.79 Å². The lowest BCUT2D eigenvalue weighted by atomic mass is 10.1. The molecule has 0 spiro atoms. The summed E-state index contributed by atoms with van der Waals surface area (Å²) in [5, 5.41) is 11.3. The zero-order valence-electron chi connectivity index (χ0n) is 11.1. The highest BCUT2D eigenvalue weighted by molar-refractivity contribution is 5.83. The summed E-state index contributed by atoms with van der Waals surface area (Å²) in [6, 6.07) is -1.54. The normalized spacial score (nSPS) is 12.1. The third-order valence-electron chi connectivity index (χ3n) is 2.28. The molecule has 0 radical (unpaired) electrons. The van der Waals surface area contributed by atoms with Crippen LogP contribution in [0.3, 0.4) is 0 Å². The van der Waals surface area contributed by atoms with Crippen molar-refractivity contribution < 1.29 is 14.7 Å². The quantitative estimate of drug-likeness (QED) is 0.575. The molecule has 0 bridgehead atoms. The van der Waals surface area contributed by atoms with Crippen LogP contribution in [-0.2, 0) is 4.79 Å². The summed E-state index contributed by atoms with van der Waals surface area (Å²) in [5.74, 6) is 1.09. The molecule has 0 aromatic carbocycles. The maximum Gasteiger partial charge on any atom is 0.327 e. The Morgan fingerprint density at radius 2 is 2.11 bits per heavy atom. The summed E-state index contributed by atoms with van der Waals surface area (Å²) in [7, 11) is 0. The third-order valence-corrected chi connectivity index (χ3v) is 2.28. The molecule has 2 N–H and O–H groups in total. The van der Waals surface area contributed by atoms with Gasteiger partial charge in [-0.15, -0.1) is 18.9 Å². The summed E-state index contributed by atoms with van der Waals surface area (Å²) in [6.07, 6.45) is 6.61. The Morgan fingerprint density at radius 3 is 2.44 bits per heavy atom. The van der Waals surface area contributed by atoms with Crippen molar-refractivity contribution in [2.24, 2.45) is 0 Å². The molecular formula is C13H20N2O3. The van der Waals surface area contributed by atoms with Crippen LogP contribution < -0.4 is 5.32 Å². The van der Waals surface area contributed by atoms with Crippen LogP contribution in [0.25, 0.3) is 0 Å². The largest absolute Gasteiger partial charge is 0.480 e. The van der Waals surface area contributed by atoms with E-state index in [4.69, 9.17) is 11.5 Å². The number of carbonyl (C=O) groups excluding carboxylic acids is 1. The van der Waals surface area contributed by atoms with E-state index in [9.17, 15) is 9.59 Å². The fraction of sp³-hybridized carbons (Fsp3) is 0.538. The molecule has 1 atom stereocenters. The molecule has 5 heteroatoms. The van der Waals surface area contributed by atoms with Gasteiger partial charge in [0.15, 0.2) is 0 Å². The molecule has 0 saturated heterocycles. The van der Waals surface area contributed by atoms with Crippen LogP contribution in [0.5, 0.6) is 0 Å². The van der Waals surface area contributed by atoms with Gasteiger partial charge in [-0.05, 0) is 20.8 Å². The van der Waals surface area contributed by atoms with Crippen molar-refractivity contribution in [3.8, 4) is 12.3 Å². The number of urea groups is 1. The molecule has 0 aliphatic carbocycles. The van der Waals surface area contributed by atoms with Crippen molar-refractivity contribution in [1.82, 2.24) is 10.2 Å². The number of terminal acetylenes is 1. The smallest absolute Gasteiger partial charge is 0.327 e. The number of carbonyl (C=O) groups is 2. The van der Waals surface area contributed by atoms with Crippen LogP contribution >= 0.6 is 0 Å². The van der Waals surface area contributed by atoms with Crippen LogP contribution in [0, 0.1) is 12.3 Å². The molecule has 2 amide bonds. The molecule has 0 aromatic rings. The summed E-state index contributed by atoms with van der Waals surface area (Å²) >= 11 is 0. The molecule has 0 fully saturated rings. The van der Waals surface area contributed by atoms with Crippen LogP contribution in [0.1, 0.15) is 27.2 Å². The second-order valence-corrected chi connectivity index (χ2v) is 4.82. The van der Waals surface area contributed by atoms with E-state index in [1.165, 1.54) is 4.90 Å². The lowest BCUT2D eigenvalue weighted by Gasteiger charge is -2.35. The van der Waals surface area contributed by atoms with Gasteiger partial charge in [0.05, 0.1) is 0 Å². The fourth-order valence-electron chi connectivity index (χ4n) is 1.34. The number of hydrogen-bond acceptors (Lipinski definition) is 2. The zero-order valence-corrected chi connectivity index (χ0v) is 11.1. The summed E-state index contributed by atoms with van der Waals surface area (Å²) in [5.41, 5.74) is -0.433. The first-order valence-corrected chi connectivity index (χ1v) is 5.59. The number of aliphatic carboxylic acids is 1. The second-order valence-electron chi connectivity index (χ2n) is 4.82. The lowest BCUT2D eigenvalue weighted by Crippen LogP contribution is -2.54. The predicted molar refractivity (Wildman–Crippen MR) is 70.1 cm³/mol. The molecule has 0 heterocycles. The summed E-state index contributed by atoms with van der Waals surface area (Å²) in [6.45, 7) is 9.47. The average Bonchev–Trinajstić information content (AvgIpc) is 2.23. The van der Waals surface area contributed by atoms with Crippen LogP contribution in [-0.4, -0.2) is 40.1 Å². The van der Waals surface area contributed by atoms with Gasteiger partial charge in [0.25, 0.3) is 0 Å². The van der Waals surface area contributed by atoms with E-state index < -0.39 is 23.6 Å². The van der Waals surface area contributed by atoms with E-state index in [0.717, 1.165) is 0 Å². The molecule has 0 aliphatic heterocycles. The zero-order chi connectivity index (χ0) is 14.3. The molecular weight excluding hydrogens is 232 g/mol. The minimum Gasteiger partial charge on any atom is -0.480 e. The standard InChI is InChI=1S/C13H20N2O3/c1-6-8-10(11(16)17)14-12(18)15(9-7-2)13(3,4)5/h1,7,10H,2,8-9H2,3-5H3,(H,14,18)(H,16,17). The summed E-state index contributed by atoms with van der Waals surface area (Å²) in [4.78, 5) is 24.4. The number of hydrogen-bond donors (Lipinski definition) is 2. The van der Waals surface area contributed by atoms with Crippen molar-refractivity contribution >= 4 is 12.0 Å². The van der Waals surface area contributed by atoms with E-state index in [-0.39, 0.29) is 6.42 Å². The van der Waals surface area contributed by atoms with Crippen molar-refractivity contribution in [3.63, 3.8) is 0 Å². The number of nitrogens with one attached hydrogen (secondary N) is 1. The molecule has 0 aromatic heterocycles. The van der Waals surface area contributed by atoms with Gasteiger partial charge in [0.2, 0.25) is 0 Å². The highest BCUT2D eigenvalue weighted by atomic mass is 16.4. The van der Waals surface area contributed by atoms with Gasteiger partial charge < -0.3 is 15.3 Å². The Bertz CT molecular complexity index is 363. The van der Waals surface area contributed by atoms with Crippen molar-refractivity contribution in [3.05, 3.63) is 12.7 Å². The summed E-state index contributed by atoms with van der Waals surface area (Å²) < 4.78 is 0. The van der Waals surface area contributed by atoms with Crippen molar-refractivity contribution in [2.75, 3.05) is 6.54 Å². The van der Waals surface area contributed by atoms with E-state index in [1.54, 1.807) is 6.08 Å². The number of nitrogens with zero attached hydrogens (tertiary/aromatic N) is 1. The lowest BCUT2D eigenvalue weighted by molar-refractivity contribution is -0.139. The Hall–Kier alpha value is -1.96. The molecule has 5 nitrogen and oxygen atoms in total. The maximum atomic E-state index is 12.0. The SMILES string of the molecule is C#CCC(NC(=O)N(CC=C)C(C)(C)C)C(=O)O. The van der Waals surface area contributed by atoms with E-state index in [0.29, 0.717) is 6.54 Å². The first-order valence-electron chi connectivity index (χ1n) is 5.59. The number of carboxylic acids is 1. The molecule has 0 saturated carbocycles. The van der Waals surface area contributed by atoms with Crippen molar-refractivity contribution in [1.29, 1.82) is 0 Å². The Morgan fingerprint density at radius 1 is 1.56 bits per heavy atom. The predicted octanol–water partition coefficient (Wildman–Crippen LogP) is 1.46. The monoisotopic (exact) mass is 252 g/mol. The van der Waals surface area contributed by atoms with Gasteiger partial charge in [-0.2, -0.15) is 0 Å². The first kappa shape index (κ1) is 16.0. The topological polar surface area (TPSA) is 69.6 Å². The fourth-order valence-corrected chi connectivity index (χ4v) is 1.34. The Balaban J connectivity index is 4.84. The van der Waals surface area contributed by atoms with Gasteiger partial charge in [-0.25, -0.2) is 9.59 Å².